The van der Waals surface area contributed by atoms with E-state index in [0.717, 1.165) is 51.4 Å². The van der Waals surface area contributed by atoms with Crippen molar-refractivity contribution in [2.24, 2.45) is 0 Å². The monoisotopic (exact) mass is 642 g/mol. The van der Waals surface area contributed by atoms with Gasteiger partial charge in [-0.2, -0.15) is 0 Å². The number of nitrogens with one attached hydrogen (secondary N) is 2. The van der Waals surface area contributed by atoms with Gasteiger partial charge in [0.05, 0.1) is 38.0 Å². The van der Waals surface area contributed by atoms with Crippen LogP contribution in [0.25, 0.3) is 0 Å². The Hall–Kier alpha value is -2.36. The number of para-hydroxylation sites is 1. The van der Waals surface area contributed by atoms with Gasteiger partial charge in [0.1, 0.15) is 36.3 Å². The molecule has 13 nitrogen and oxygen atoms in total. The summed E-state index contributed by atoms with van der Waals surface area (Å²) >= 11 is 0. The fraction of sp³-hybridized carbons (Fsp3) is 0.750. The van der Waals surface area contributed by atoms with E-state index in [1.54, 1.807) is 26.2 Å². The van der Waals surface area contributed by atoms with Gasteiger partial charge in [0, 0.05) is 13.0 Å². The minimum Gasteiger partial charge on any atom is -0.496 e. The van der Waals surface area contributed by atoms with Crippen LogP contribution >= 0.6 is 0 Å². The number of unbranched alkanes of at least 4 members (excludes halogenated alkanes) is 8. The van der Waals surface area contributed by atoms with Crippen LogP contribution in [-0.2, 0) is 14.3 Å². The number of ether oxygens (including phenoxy) is 3. The molecule has 8 atom stereocenters. The van der Waals surface area contributed by atoms with Crippen LogP contribution in [0, 0.1) is 0 Å². The zero-order valence-corrected chi connectivity index (χ0v) is 26.6. The molecule has 1 aliphatic rings. The first-order valence-corrected chi connectivity index (χ1v) is 16.1. The largest absolute Gasteiger partial charge is 0.496 e. The van der Waals surface area contributed by atoms with Gasteiger partial charge in [-0.3, -0.25) is 9.59 Å². The highest BCUT2D eigenvalue weighted by molar-refractivity contribution is 5.96. The summed E-state index contributed by atoms with van der Waals surface area (Å²) in [5.74, 6) is 0.107. The predicted molar refractivity (Wildman–Crippen MR) is 165 cm³/mol. The van der Waals surface area contributed by atoms with Gasteiger partial charge in [-0.25, -0.2) is 0 Å². The van der Waals surface area contributed by atoms with Crippen LogP contribution in [0.4, 0.5) is 0 Å². The lowest BCUT2D eigenvalue weighted by atomic mass is 9.99. The second-order valence-electron chi connectivity index (χ2n) is 11.6. The summed E-state index contributed by atoms with van der Waals surface area (Å²) in [6, 6.07) is 6.12. The Morgan fingerprint density at radius 3 is 2.16 bits per heavy atom. The fourth-order valence-corrected chi connectivity index (χ4v) is 5.20. The molecule has 0 radical (unpaired) electrons. The maximum absolute atomic E-state index is 12.6. The number of methoxy groups -OCH3 is 1. The van der Waals surface area contributed by atoms with E-state index in [0.29, 0.717) is 24.3 Å². The van der Waals surface area contributed by atoms with Crippen LogP contribution in [0.5, 0.6) is 5.75 Å². The van der Waals surface area contributed by atoms with Gasteiger partial charge in [-0.1, -0.05) is 64.0 Å². The zero-order chi connectivity index (χ0) is 33.2. The lowest BCUT2D eigenvalue weighted by Gasteiger charge is -2.40. The van der Waals surface area contributed by atoms with E-state index in [1.807, 2.05) is 12.1 Å². The molecule has 8 N–H and O–H groups in total. The second kappa shape index (κ2) is 21.4. The van der Waals surface area contributed by atoms with Gasteiger partial charge < -0.3 is 55.5 Å². The Morgan fingerprint density at radius 1 is 0.911 bits per heavy atom. The van der Waals surface area contributed by atoms with Gasteiger partial charge >= 0.3 is 0 Å². The Balaban J connectivity index is 1.59. The highest BCUT2D eigenvalue weighted by Crippen LogP contribution is 2.23. The van der Waals surface area contributed by atoms with E-state index in [4.69, 9.17) is 14.2 Å². The number of benzene rings is 1. The van der Waals surface area contributed by atoms with Crippen LogP contribution in [0.15, 0.2) is 24.3 Å². The highest BCUT2D eigenvalue weighted by atomic mass is 16.7. The fourth-order valence-electron chi connectivity index (χ4n) is 5.20. The number of aliphatic hydroxyl groups excluding tert-OH is 6. The molecule has 45 heavy (non-hydrogen) atoms. The molecule has 0 saturated carbocycles. The van der Waals surface area contributed by atoms with Crippen molar-refractivity contribution in [2.45, 2.75) is 127 Å². The summed E-state index contributed by atoms with van der Waals surface area (Å²) in [7, 11) is 1.55. The molecule has 1 fully saturated rings. The van der Waals surface area contributed by atoms with Crippen LogP contribution in [0.3, 0.4) is 0 Å². The molecule has 3 unspecified atom stereocenters. The summed E-state index contributed by atoms with van der Waals surface area (Å²) in [6.07, 6.45) is -0.573. The Bertz CT molecular complexity index is 982. The third-order valence-corrected chi connectivity index (χ3v) is 8.08. The molecule has 0 spiro atoms. The Kier molecular flexibility index (Phi) is 18.5. The van der Waals surface area contributed by atoms with Crippen molar-refractivity contribution in [3.8, 4) is 5.75 Å². The number of carbonyl (C=O) groups is 2. The van der Waals surface area contributed by atoms with E-state index in [9.17, 15) is 40.2 Å². The average molecular weight is 643 g/mol. The quantitative estimate of drug-likeness (QED) is 0.0829. The molecule has 2 rings (SSSR count). The predicted octanol–water partition coefficient (Wildman–Crippen LogP) is 0.759. The molecular weight excluding hydrogens is 588 g/mol. The van der Waals surface area contributed by atoms with Crippen LogP contribution in [0.2, 0.25) is 0 Å². The maximum Gasteiger partial charge on any atom is 0.255 e. The van der Waals surface area contributed by atoms with Crippen molar-refractivity contribution in [3.63, 3.8) is 0 Å². The molecule has 0 aliphatic carbocycles. The topological polar surface area (TPSA) is 207 Å². The third kappa shape index (κ3) is 13.1. The van der Waals surface area contributed by atoms with E-state index >= 15 is 0 Å². The van der Waals surface area contributed by atoms with Crippen molar-refractivity contribution in [1.82, 2.24) is 10.6 Å². The first kappa shape index (κ1) is 38.8. The normalized spacial score (nSPS) is 23.6. The summed E-state index contributed by atoms with van der Waals surface area (Å²) in [6.45, 7) is 1.33. The summed E-state index contributed by atoms with van der Waals surface area (Å²) < 4.78 is 16.1. The molecule has 1 saturated heterocycles. The van der Waals surface area contributed by atoms with Gasteiger partial charge in [0.15, 0.2) is 6.29 Å². The number of aliphatic hydroxyl groups is 6. The number of amides is 2. The molecule has 0 bridgehead atoms. The first-order valence-electron chi connectivity index (χ1n) is 16.1. The number of hydrogen-bond acceptors (Lipinski definition) is 11. The van der Waals surface area contributed by atoms with Crippen molar-refractivity contribution in [3.05, 3.63) is 29.8 Å². The lowest BCUT2D eigenvalue weighted by Crippen LogP contribution is -2.60. The van der Waals surface area contributed by atoms with E-state index in [2.05, 4.69) is 10.6 Å². The minimum atomic E-state index is -1.62. The average Bonchev–Trinajstić information content (AvgIpc) is 3.05. The Morgan fingerprint density at radius 2 is 1.53 bits per heavy atom. The summed E-state index contributed by atoms with van der Waals surface area (Å²) in [5.41, 5.74) is 0.533. The second-order valence-corrected chi connectivity index (χ2v) is 11.6. The zero-order valence-electron chi connectivity index (χ0n) is 26.6. The smallest absolute Gasteiger partial charge is 0.255 e. The molecule has 258 valence electrons. The van der Waals surface area contributed by atoms with E-state index in [1.165, 1.54) is 0 Å². The molecule has 13 heteroatoms. The molecule has 1 heterocycles. The van der Waals surface area contributed by atoms with Gasteiger partial charge in [0.25, 0.3) is 5.91 Å². The summed E-state index contributed by atoms with van der Waals surface area (Å²) in [5, 5.41) is 65.8. The SMILES string of the molecule is CC[C@@H](O)[C@@H](O)[C@H](CO[C@H]1OC(CO)[C@H](O)C(O)C1O)NC(=O)CCCCCCCCCCCNC(=O)c1ccccc1OC. The van der Waals surface area contributed by atoms with Crippen molar-refractivity contribution in [2.75, 3.05) is 26.9 Å². The van der Waals surface area contributed by atoms with Crippen molar-refractivity contribution in [1.29, 1.82) is 0 Å². The number of carbonyl (C=O) groups excluding carboxylic acids is 2. The maximum atomic E-state index is 12.6. The molecule has 1 aromatic rings. The van der Waals surface area contributed by atoms with Crippen LogP contribution in [-0.4, -0.2) is 118 Å². The van der Waals surface area contributed by atoms with Crippen molar-refractivity contribution < 1.29 is 54.4 Å². The van der Waals surface area contributed by atoms with E-state index in [-0.39, 0.29) is 31.3 Å². The van der Waals surface area contributed by atoms with Crippen molar-refractivity contribution >= 4 is 11.8 Å². The number of hydrogen-bond donors (Lipinski definition) is 8. The highest BCUT2D eigenvalue weighted by Gasteiger charge is 2.44. The lowest BCUT2D eigenvalue weighted by molar-refractivity contribution is -0.303. The first-order chi connectivity index (χ1) is 21.6. The summed E-state index contributed by atoms with van der Waals surface area (Å²) in [4.78, 5) is 24.9. The third-order valence-electron chi connectivity index (χ3n) is 8.08. The molecule has 0 aromatic heterocycles. The molecular formula is C32H54N2O11. The molecule has 1 aliphatic heterocycles. The standard InChI is InChI=1S/C32H54N2O11/c1-3-23(36)27(38)22(20-44-32-30(41)29(40)28(39)25(19-35)45-32)34-26(37)17-11-9-7-5-4-6-8-10-14-18-33-31(42)21-15-12-13-16-24(21)43-2/h12-13,15-16,22-23,25,27-30,32,35-36,38-41H,3-11,14,17-20H2,1-2H3,(H,33,42)(H,34,37)/t22-,23+,25?,27-,28-,29?,30?,32-/m0/s1. The van der Waals surface area contributed by atoms with Gasteiger partial charge in [-0.15, -0.1) is 0 Å². The Labute approximate surface area is 265 Å². The van der Waals surface area contributed by atoms with Gasteiger partial charge in [-0.05, 0) is 31.4 Å². The van der Waals surface area contributed by atoms with Crippen LogP contribution in [0.1, 0.15) is 87.9 Å². The van der Waals surface area contributed by atoms with Gasteiger partial charge in [0.2, 0.25) is 5.91 Å². The van der Waals surface area contributed by atoms with E-state index < -0.39 is 55.6 Å². The minimum absolute atomic E-state index is 0.132. The molecule has 2 amide bonds. The molecule has 1 aromatic carbocycles. The van der Waals surface area contributed by atoms with Crippen LogP contribution < -0.4 is 15.4 Å². The number of rotatable bonds is 22.